The van der Waals surface area contributed by atoms with Gasteiger partial charge in [-0.2, -0.15) is 0 Å². The minimum absolute atomic E-state index is 0.106. The Kier molecular flexibility index (Phi) is 5.29. The molecule has 3 heterocycles. The van der Waals surface area contributed by atoms with Gasteiger partial charge in [-0.15, -0.1) is 10.2 Å². The number of para-hydroxylation sites is 1. The average molecular weight is 382 g/mol. The summed E-state index contributed by atoms with van der Waals surface area (Å²) in [5.41, 5.74) is 2.27. The van der Waals surface area contributed by atoms with Crippen molar-refractivity contribution in [1.29, 1.82) is 0 Å². The number of aromatic nitrogens is 3. The molecule has 0 aliphatic carbocycles. The van der Waals surface area contributed by atoms with Crippen LogP contribution in [0.15, 0.2) is 52.2 Å². The fourth-order valence-corrected chi connectivity index (χ4v) is 4.19. The van der Waals surface area contributed by atoms with Crippen LogP contribution in [-0.2, 0) is 24.2 Å². The van der Waals surface area contributed by atoms with Gasteiger partial charge in [-0.3, -0.25) is 9.36 Å². The maximum absolute atomic E-state index is 12.8. The Labute approximate surface area is 162 Å². The lowest BCUT2D eigenvalue weighted by Crippen LogP contribution is -2.30. The Bertz CT molecular complexity index is 920. The van der Waals surface area contributed by atoms with Crippen LogP contribution in [0.5, 0.6) is 0 Å². The number of anilines is 1. The highest BCUT2D eigenvalue weighted by Crippen LogP contribution is 2.29. The second kappa shape index (κ2) is 8.00. The van der Waals surface area contributed by atoms with E-state index in [0.29, 0.717) is 12.3 Å². The molecule has 0 bridgehead atoms. The summed E-state index contributed by atoms with van der Waals surface area (Å²) in [5.74, 6) is 2.23. The molecule has 1 aliphatic heterocycles. The average Bonchev–Trinajstić information content (AvgIpc) is 3.42. The first-order valence-electron chi connectivity index (χ1n) is 9.21. The van der Waals surface area contributed by atoms with Gasteiger partial charge in [-0.1, -0.05) is 36.9 Å². The molecule has 140 valence electrons. The van der Waals surface area contributed by atoms with Crippen LogP contribution in [0.2, 0.25) is 0 Å². The van der Waals surface area contributed by atoms with Gasteiger partial charge in [0.05, 0.1) is 18.6 Å². The van der Waals surface area contributed by atoms with E-state index < -0.39 is 0 Å². The van der Waals surface area contributed by atoms with Crippen molar-refractivity contribution in [2.45, 2.75) is 37.9 Å². The van der Waals surface area contributed by atoms with Crippen LogP contribution in [0.4, 0.5) is 5.69 Å². The second-order valence-corrected chi connectivity index (χ2v) is 7.47. The van der Waals surface area contributed by atoms with E-state index in [0.717, 1.165) is 48.2 Å². The monoisotopic (exact) mass is 382 g/mol. The first-order chi connectivity index (χ1) is 13.3. The summed E-state index contributed by atoms with van der Waals surface area (Å²) in [5, 5.41) is 9.40. The fourth-order valence-electron chi connectivity index (χ4n) is 3.35. The van der Waals surface area contributed by atoms with Gasteiger partial charge in [0.25, 0.3) is 0 Å². The first-order valence-corrected chi connectivity index (χ1v) is 10.2. The standard InChI is InChI=1S/C20H22N4O2S/c1-2-6-18-21-22-20(24(18)13-16-8-5-12-26-16)27-14-19(25)23-11-10-15-7-3-4-9-17(15)23/h3-5,7-9,12H,2,6,10-11,13-14H2,1H3. The van der Waals surface area contributed by atoms with Gasteiger partial charge in [0.15, 0.2) is 5.16 Å². The lowest BCUT2D eigenvalue weighted by molar-refractivity contribution is -0.116. The number of furan rings is 1. The maximum atomic E-state index is 12.8. The molecular weight excluding hydrogens is 360 g/mol. The molecule has 27 heavy (non-hydrogen) atoms. The number of carbonyl (C=O) groups excluding carboxylic acids is 1. The molecule has 0 radical (unpaired) electrons. The molecule has 0 N–H and O–H groups in total. The summed E-state index contributed by atoms with van der Waals surface area (Å²) in [6.45, 7) is 3.45. The zero-order chi connectivity index (χ0) is 18.6. The molecule has 2 aromatic heterocycles. The molecule has 3 aromatic rings. The van der Waals surface area contributed by atoms with E-state index in [1.165, 1.54) is 17.3 Å². The molecule has 0 atom stereocenters. The van der Waals surface area contributed by atoms with Crippen molar-refractivity contribution in [3.8, 4) is 0 Å². The molecular formula is C20H22N4O2S. The Hall–Kier alpha value is -2.54. The molecule has 0 saturated heterocycles. The number of aryl methyl sites for hydroxylation is 1. The van der Waals surface area contributed by atoms with Crippen molar-refractivity contribution < 1.29 is 9.21 Å². The van der Waals surface area contributed by atoms with Gasteiger partial charge in [0.1, 0.15) is 11.6 Å². The minimum atomic E-state index is 0.106. The van der Waals surface area contributed by atoms with E-state index in [4.69, 9.17) is 4.42 Å². The highest BCUT2D eigenvalue weighted by molar-refractivity contribution is 7.99. The number of hydrogen-bond donors (Lipinski definition) is 0. The van der Waals surface area contributed by atoms with Crippen molar-refractivity contribution >= 4 is 23.4 Å². The number of thioether (sulfide) groups is 1. The van der Waals surface area contributed by atoms with Gasteiger partial charge in [-0.25, -0.2) is 0 Å². The van der Waals surface area contributed by atoms with E-state index in [9.17, 15) is 4.79 Å². The predicted octanol–water partition coefficient (Wildman–Crippen LogP) is 3.55. The molecule has 4 rings (SSSR count). The van der Waals surface area contributed by atoms with Crippen LogP contribution in [0.1, 0.15) is 30.5 Å². The third-order valence-electron chi connectivity index (χ3n) is 4.67. The highest BCUT2D eigenvalue weighted by Gasteiger charge is 2.25. The largest absolute Gasteiger partial charge is 0.467 e. The summed E-state index contributed by atoms with van der Waals surface area (Å²) in [7, 11) is 0. The van der Waals surface area contributed by atoms with Crippen LogP contribution in [-0.4, -0.2) is 33.0 Å². The van der Waals surface area contributed by atoms with Gasteiger partial charge in [0, 0.05) is 18.7 Å². The van der Waals surface area contributed by atoms with Crippen molar-refractivity contribution in [2.75, 3.05) is 17.2 Å². The van der Waals surface area contributed by atoms with Crippen LogP contribution in [0.3, 0.4) is 0 Å². The molecule has 0 fully saturated rings. The van der Waals surface area contributed by atoms with E-state index in [2.05, 4.69) is 27.8 Å². The van der Waals surface area contributed by atoms with Gasteiger partial charge < -0.3 is 9.32 Å². The Balaban J connectivity index is 1.47. The van der Waals surface area contributed by atoms with Crippen LogP contribution >= 0.6 is 11.8 Å². The Morgan fingerprint density at radius 3 is 2.93 bits per heavy atom. The molecule has 1 aliphatic rings. The summed E-state index contributed by atoms with van der Waals surface area (Å²) >= 11 is 1.44. The lowest BCUT2D eigenvalue weighted by Gasteiger charge is -2.17. The number of rotatable bonds is 7. The molecule has 0 saturated carbocycles. The summed E-state index contributed by atoms with van der Waals surface area (Å²) in [6, 6.07) is 11.9. The highest BCUT2D eigenvalue weighted by atomic mass is 32.2. The topological polar surface area (TPSA) is 64.2 Å². The third-order valence-corrected chi connectivity index (χ3v) is 5.63. The van der Waals surface area contributed by atoms with Gasteiger partial charge >= 0.3 is 0 Å². The van der Waals surface area contributed by atoms with E-state index in [1.54, 1.807) is 6.26 Å². The maximum Gasteiger partial charge on any atom is 0.237 e. The molecule has 1 aromatic carbocycles. The zero-order valence-electron chi connectivity index (χ0n) is 15.3. The minimum Gasteiger partial charge on any atom is -0.467 e. The van der Waals surface area contributed by atoms with Gasteiger partial charge in [-0.05, 0) is 36.6 Å². The summed E-state index contributed by atoms with van der Waals surface area (Å²) in [4.78, 5) is 14.6. The molecule has 0 spiro atoms. The number of carbonyl (C=O) groups is 1. The zero-order valence-corrected chi connectivity index (χ0v) is 16.1. The molecule has 0 unspecified atom stereocenters. The number of benzene rings is 1. The SMILES string of the molecule is CCCc1nnc(SCC(=O)N2CCc3ccccc32)n1Cc1ccco1. The van der Waals surface area contributed by atoms with E-state index >= 15 is 0 Å². The van der Waals surface area contributed by atoms with Crippen molar-refractivity contribution in [3.63, 3.8) is 0 Å². The fraction of sp³-hybridized carbons (Fsp3) is 0.350. The van der Waals surface area contributed by atoms with Crippen LogP contribution in [0, 0.1) is 0 Å². The van der Waals surface area contributed by atoms with E-state index in [-0.39, 0.29) is 5.91 Å². The van der Waals surface area contributed by atoms with Gasteiger partial charge in [0.2, 0.25) is 5.91 Å². The summed E-state index contributed by atoms with van der Waals surface area (Å²) < 4.78 is 7.53. The Morgan fingerprint density at radius 1 is 1.22 bits per heavy atom. The number of nitrogens with zero attached hydrogens (tertiary/aromatic N) is 4. The molecule has 6 nitrogen and oxygen atoms in total. The summed E-state index contributed by atoms with van der Waals surface area (Å²) in [6.07, 6.45) is 4.43. The van der Waals surface area contributed by atoms with Crippen LogP contribution < -0.4 is 4.90 Å². The lowest BCUT2D eigenvalue weighted by atomic mass is 10.2. The smallest absolute Gasteiger partial charge is 0.237 e. The van der Waals surface area contributed by atoms with E-state index in [1.807, 2.05) is 35.2 Å². The number of hydrogen-bond acceptors (Lipinski definition) is 5. The quantitative estimate of drug-likeness (QED) is 0.585. The van der Waals surface area contributed by atoms with Crippen molar-refractivity contribution in [1.82, 2.24) is 14.8 Å². The van der Waals surface area contributed by atoms with Crippen molar-refractivity contribution in [3.05, 3.63) is 59.8 Å². The number of fused-ring (bicyclic) bond motifs is 1. The Morgan fingerprint density at radius 2 is 2.11 bits per heavy atom. The van der Waals surface area contributed by atoms with Crippen LogP contribution in [0.25, 0.3) is 0 Å². The normalized spacial score (nSPS) is 13.1. The molecule has 1 amide bonds. The first kappa shape index (κ1) is 17.9. The van der Waals surface area contributed by atoms with Crippen molar-refractivity contribution in [2.24, 2.45) is 0 Å². The number of amides is 1. The second-order valence-electron chi connectivity index (χ2n) is 6.53. The third kappa shape index (κ3) is 3.78. The molecule has 7 heteroatoms. The predicted molar refractivity (Wildman–Crippen MR) is 105 cm³/mol.